The van der Waals surface area contributed by atoms with Crippen molar-refractivity contribution in [2.45, 2.75) is 88.5 Å². The summed E-state index contributed by atoms with van der Waals surface area (Å²) in [6.07, 6.45) is 4.07. The van der Waals surface area contributed by atoms with E-state index in [1.165, 1.54) is 19.3 Å². The largest absolute Gasteiger partial charge is 0.0683 e. The van der Waals surface area contributed by atoms with Crippen LogP contribution in [0.25, 0.3) is 0 Å². The van der Waals surface area contributed by atoms with Gasteiger partial charge in [-0.05, 0) is 11.8 Å². The Hall–Kier alpha value is 0. The minimum Gasteiger partial charge on any atom is -0.0683 e. The standard InChI is InChI=1S/C9H20.3C2H6/c1-5-7-9(4)8(3)6-2;3*1-2/h8-9H,5-7H2,1-4H3;3*1-2H3. The summed E-state index contributed by atoms with van der Waals surface area (Å²) in [7, 11) is 0. The third-order valence-electron chi connectivity index (χ3n) is 2.36. The molecule has 0 nitrogen and oxygen atoms in total. The third-order valence-corrected chi connectivity index (χ3v) is 2.36. The van der Waals surface area contributed by atoms with Crippen LogP contribution in [0.2, 0.25) is 0 Å². The van der Waals surface area contributed by atoms with Crippen LogP contribution in [-0.2, 0) is 0 Å². The Morgan fingerprint density at radius 2 is 1.00 bits per heavy atom. The van der Waals surface area contributed by atoms with Gasteiger partial charge in [-0.3, -0.25) is 0 Å². The van der Waals surface area contributed by atoms with Crippen LogP contribution in [0, 0.1) is 11.8 Å². The average molecular weight is 218 g/mol. The molecule has 0 heterocycles. The summed E-state index contributed by atoms with van der Waals surface area (Å²) in [5, 5.41) is 0. The molecule has 98 valence electrons. The average Bonchev–Trinajstić information content (AvgIpc) is 2.36. The van der Waals surface area contributed by atoms with Crippen LogP contribution in [0.4, 0.5) is 0 Å². The molecule has 0 rings (SSSR count). The summed E-state index contributed by atoms with van der Waals surface area (Å²) in [6, 6.07) is 0. The van der Waals surface area contributed by atoms with Crippen molar-refractivity contribution in [3.63, 3.8) is 0 Å². The highest BCUT2D eigenvalue weighted by atomic mass is 14.1. The monoisotopic (exact) mass is 218 g/mol. The zero-order valence-electron chi connectivity index (χ0n) is 13.3. The van der Waals surface area contributed by atoms with E-state index in [-0.39, 0.29) is 0 Å². The molecule has 0 N–H and O–H groups in total. The van der Waals surface area contributed by atoms with E-state index in [4.69, 9.17) is 0 Å². The Balaban J connectivity index is -0.0000000860. The molecule has 0 heteroatoms. The minimum absolute atomic E-state index is 0.921. The summed E-state index contributed by atoms with van der Waals surface area (Å²) in [5.74, 6) is 1.85. The molecule has 15 heavy (non-hydrogen) atoms. The molecule has 0 saturated carbocycles. The van der Waals surface area contributed by atoms with E-state index in [0.29, 0.717) is 0 Å². The van der Waals surface area contributed by atoms with Gasteiger partial charge in [0, 0.05) is 0 Å². The lowest BCUT2D eigenvalue weighted by molar-refractivity contribution is 0.352. The van der Waals surface area contributed by atoms with Crippen molar-refractivity contribution in [3.8, 4) is 0 Å². The van der Waals surface area contributed by atoms with Gasteiger partial charge in [-0.2, -0.15) is 0 Å². The minimum atomic E-state index is 0.921. The highest BCUT2D eigenvalue weighted by molar-refractivity contribution is 4.58. The van der Waals surface area contributed by atoms with Gasteiger partial charge >= 0.3 is 0 Å². The van der Waals surface area contributed by atoms with Crippen LogP contribution in [0.1, 0.15) is 88.5 Å². The second-order valence-corrected chi connectivity index (χ2v) is 3.15. The van der Waals surface area contributed by atoms with Gasteiger partial charge in [0.25, 0.3) is 0 Å². The topological polar surface area (TPSA) is 0 Å². The maximum absolute atomic E-state index is 2.36. The molecule has 0 aliphatic carbocycles. The van der Waals surface area contributed by atoms with Crippen LogP contribution < -0.4 is 0 Å². The lowest BCUT2D eigenvalue weighted by Gasteiger charge is -2.16. The smallest absolute Gasteiger partial charge is 0.0417 e. The van der Waals surface area contributed by atoms with Crippen LogP contribution in [0.3, 0.4) is 0 Å². The second-order valence-electron chi connectivity index (χ2n) is 3.15. The SMILES string of the molecule is CC.CC.CC.CCCC(C)C(C)CC. The molecule has 0 fully saturated rings. The summed E-state index contributed by atoms with van der Waals surface area (Å²) >= 11 is 0. The van der Waals surface area contributed by atoms with Crippen LogP contribution in [-0.4, -0.2) is 0 Å². The molecule has 0 aromatic heterocycles. The fraction of sp³-hybridized carbons (Fsp3) is 1.00. The molecule has 0 amide bonds. The first-order valence-corrected chi connectivity index (χ1v) is 7.22. The molecule has 0 radical (unpaired) electrons. The Kier molecular flexibility index (Phi) is 47.3. The van der Waals surface area contributed by atoms with Gasteiger partial charge in [-0.1, -0.05) is 88.5 Å². The summed E-state index contributed by atoms with van der Waals surface area (Å²) in [4.78, 5) is 0. The first-order chi connectivity index (χ1) is 7.22. The van der Waals surface area contributed by atoms with Crippen molar-refractivity contribution < 1.29 is 0 Å². The molecule has 0 saturated heterocycles. The van der Waals surface area contributed by atoms with E-state index in [2.05, 4.69) is 27.7 Å². The molecule has 0 aliphatic rings. The molecular weight excluding hydrogens is 180 g/mol. The van der Waals surface area contributed by atoms with Gasteiger partial charge in [-0.25, -0.2) is 0 Å². The first-order valence-electron chi connectivity index (χ1n) is 7.22. The Morgan fingerprint density at radius 3 is 1.20 bits per heavy atom. The van der Waals surface area contributed by atoms with Crippen LogP contribution in [0.5, 0.6) is 0 Å². The highest BCUT2D eigenvalue weighted by Crippen LogP contribution is 2.18. The van der Waals surface area contributed by atoms with Crippen LogP contribution in [0.15, 0.2) is 0 Å². The lowest BCUT2D eigenvalue weighted by atomic mass is 9.90. The normalized spacial score (nSPS) is 11.6. The third kappa shape index (κ3) is 24.9. The molecule has 2 atom stereocenters. The van der Waals surface area contributed by atoms with Crippen molar-refractivity contribution in [1.29, 1.82) is 0 Å². The summed E-state index contributed by atoms with van der Waals surface area (Å²) < 4.78 is 0. The Morgan fingerprint density at radius 1 is 0.667 bits per heavy atom. The second kappa shape index (κ2) is 29.2. The van der Waals surface area contributed by atoms with Crippen molar-refractivity contribution in [1.82, 2.24) is 0 Å². The first kappa shape index (κ1) is 24.3. The van der Waals surface area contributed by atoms with Crippen LogP contribution >= 0.6 is 0 Å². The molecule has 0 bridgehead atoms. The number of rotatable bonds is 4. The molecule has 0 aromatic carbocycles. The molecular formula is C15H38. The summed E-state index contributed by atoms with van der Waals surface area (Å²) in [5.41, 5.74) is 0. The zero-order valence-corrected chi connectivity index (χ0v) is 13.3. The zero-order chi connectivity index (χ0) is 13.3. The van der Waals surface area contributed by atoms with E-state index in [0.717, 1.165) is 11.8 Å². The highest BCUT2D eigenvalue weighted by Gasteiger charge is 2.07. The van der Waals surface area contributed by atoms with E-state index in [1.54, 1.807) is 0 Å². The fourth-order valence-corrected chi connectivity index (χ4v) is 1.14. The van der Waals surface area contributed by atoms with Gasteiger partial charge in [0.15, 0.2) is 0 Å². The molecule has 0 spiro atoms. The Labute approximate surface area is 101 Å². The number of hydrogen-bond donors (Lipinski definition) is 0. The van der Waals surface area contributed by atoms with E-state index >= 15 is 0 Å². The fourth-order valence-electron chi connectivity index (χ4n) is 1.14. The van der Waals surface area contributed by atoms with Crippen molar-refractivity contribution in [2.75, 3.05) is 0 Å². The maximum Gasteiger partial charge on any atom is -0.0417 e. The molecule has 2 unspecified atom stereocenters. The lowest BCUT2D eigenvalue weighted by Crippen LogP contribution is -2.05. The van der Waals surface area contributed by atoms with Gasteiger partial charge in [0.1, 0.15) is 0 Å². The van der Waals surface area contributed by atoms with Crippen molar-refractivity contribution in [2.24, 2.45) is 11.8 Å². The molecule has 0 aliphatic heterocycles. The Bertz CT molecular complexity index is 57.1. The molecule has 0 aromatic rings. The van der Waals surface area contributed by atoms with E-state index < -0.39 is 0 Å². The predicted molar refractivity (Wildman–Crippen MR) is 77.6 cm³/mol. The van der Waals surface area contributed by atoms with Gasteiger partial charge < -0.3 is 0 Å². The van der Waals surface area contributed by atoms with Gasteiger partial charge in [0.2, 0.25) is 0 Å². The van der Waals surface area contributed by atoms with Crippen molar-refractivity contribution >= 4 is 0 Å². The summed E-state index contributed by atoms with van der Waals surface area (Å²) in [6.45, 7) is 21.2. The maximum atomic E-state index is 2.36. The van der Waals surface area contributed by atoms with E-state index in [9.17, 15) is 0 Å². The van der Waals surface area contributed by atoms with E-state index in [1.807, 2.05) is 41.5 Å². The quantitative estimate of drug-likeness (QED) is 0.502. The van der Waals surface area contributed by atoms with Crippen molar-refractivity contribution in [3.05, 3.63) is 0 Å². The van der Waals surface area contributed by atoms with Gasteiger partial charge in [-0.15, -0.1) is 0 Å². The number of hydrogen-bond acceptors (Lipinski definition) is 0. The van der Waals surface area contributed by atoms with Gasteiger partial charge in [0.05, 0.1) is 0 Å². The predicted octanol–water partition coefficient (Wildman–Crippen LogP) is 6.55.